The number of carbonyl (C=O) groups excluding carboxylic acids is 1. The molecule has 0 aromatic heterocycles. The minimum atomic E-state index is -0.213. The van der Waals surface area contributed by atoms with Gasteiger partial charge in [0, 0.05) is 17.6 Å². The Morgan fingerprint density at radius 3 is 2.43 bits per heavy atom. The molecule has 0 saturated carbocycles. The molecule has 1 aromatic carbocycles. The molecule has 3 nitrogen and oxygen atoms in total. The molecule has 118 valence electrons. The number of amides is 2. The number of halogens is 1. The van der Waals surface area contributed by atoms with Crippen LogP contribution < -0.4 is 10.6 Å². The van der Waals surface area contributed by atoms with Gasteiger partial charge < -0.3 is 10.6 Å². The van der Waals surface area contributed by atoms with Gasteiger partial charge in [0.1, 0.15) is 0 Å². The topological polar surface area (TPSA) is 41.1 Å². The number of alkyl halides is 1. The Kier molecular flexibility index (Phi) is 8.91. The van der Waals surface area contributed by atoms with Gasteiger partial charge in [0.25, 0.3) is 0 Å². The fourth-order valence-corrected chi connectivity index (χ4v) is 2.19. The van der Waals surface area contributed by atoms with E-state index in [0.29, 0.717) is 5.88 Å². The van der Waals surface area contributed by atoms with Crippen molar-refractivity contribution in [3.8, 4) is 0 Å². The Hall–Kier alpha value is -1.22. The molecule has 0 radical (unpaired) electrons. The molecule has 0 aliphatic heterocycles. The van der Waals surface area contributed by atoms with Crippen LogP contribution in [0.2, 0.25) is 0 Å². The molecule has 0 fully saturated rings. The van der Waals surface area contributed by atoms with Gasteiger partial charge in [-0.2, -0.15) is 0 Å². The summed E-state index contributed by atoms with van der Waals surface area (Å²) in [5.41, 5.74) is 2.13. The fraction of sp³-hybridized carbons (Fsp3) is 0.588. The third-order valence-corrected chi connectivity index (χ3v) is 3.85. The lowest BCUT2D eigenvalue weighted by molar-refractivity contribution is 0.250. The molecule has 2 N–H and O–H groups in total. The molecule has 2 amide bonds. The number of urea groups is 1. The first-order valence-electron chi connectivity index (χ1n) is 7.88. The summed E-state index contributed by atoms with van der Waals surface area (Å²) in [5.74, 6) is 0.407. The maximum absolute atomic E-state index is 11.7. The standard InChI is InChI=1S/C17H27ClN2O/c1-3-4-5-6-7-8-15-9-11-16(12-10-15)20-17(21)19-14(2)13-18/h9-12,14H,3-8,13H2,1-2H3,(H2,19,20,21)/t14-/m1/s1. The number of hydrogen-bond donors (Lipinski definition) is 2. The molecule has 0 unspecified atom stereocenters. The van der Waals surface area contributed by atoms with E-state index in [1.165, 1.54) is 37.7 Å². The van der Waals surface area contributed by atoms with E-state index in [-0.39, 0.29) is 12.1 Å². The van der Waals surface area contributed by atoms with Crippen molar-refractivity contribution in [2.45, 2.75) is 58.4 Å². The third-order valence-electron chi connectivity index (χ3n) is 3.39. The van der Waals surface area contributed by atoms with Crippen LogP contribution in [0.3, 0.4) is 0 Å². The van der Waals surface area contributed by atoms with Gasteiger partial charge in [-0.1, -0.05) is 44.7 Å². The van der Waals surface area contributed by atoms with Crippen LogP contribution in [0.1, 0.15) is 51.5 Å². The fourth-order valence-electron chi connectivity index (χ4n) is 2.12. The van der Waals surface area contributed by atoms with Gasteiger partial charge in [-0.3, -0.25) is 0 Å². The molecule has 1 atom stereocenters. The highest BCUT2D eigenvalue weighted by atomic mass is 35.5. The van der Waals surface area contributed by atoms with Crippen LogP contribution in [0.15, 0.2) is 24.3 Å². The number of carbonyl (C=O) groups is 1. The summed E-state index contributed by atoms with van der Waals surface area (Å²) in [6.07, 6.45) is 7.59. The number of aryl methyl sites for hydroxylation is 1. The molecule has 21 heavy (non-hydrogen) atoms. The summed E-state index contributed by atoms with van der Waals surface area (Å²) < 4.78 is 0. The normalized spacial score (nSPS) is 12.0. The van der Waals surface area contributed by atoms with Crippen molar-refractivity contribution in [2.24, 2.45) is 0 Å². The summed E-state index contributed by atoms with van der Waals surface area (Å²) in [7, 11) is 0. The lowest BCUT2D eigenvalue weighted by Crippen LogP contribution is -2.37. The van der Waals surface area contributed by atoms with Crippen molar-refractivity contribution in [3.05, 3.63) is 29.8 Å². The van der Waals surface area contributed by atoms with E-state index in [1.807, 2.05) is 19.1 Å². The van der Waals surface area contributed by atoms with Crippen molar-refractivity contribution in [1.29, 1.82) is 0 Å². The number of anilines is 1. The largest absolute Gasteiger partial charge is 0.334 e. The monoisotopic (exact) mass is 310 g/mol. The molecule has 0 aliphatic carbocycles. The highest BCUT2D eigenvalue weighted by molar-refractivity contribution is 6.18. The van der Waals surface area contributed by atoms with Gasteiger partial charge in [-0.15, -0.1) is 11.6 Å². The molecule has 0 saturated heterocycles. The molecule has 1 aromatic rings. The number of unbranched alkanes of at least 4 members (excludes halogenated alkanes) is 4. The van der Waals surface area contributed by atoms with Crippen LogP contribution >= 0.6 is 11.6 Å². The molecular weight excluding hydrogens is 284 g/mol. The summed E-state index contributed by atoms with van der Waals surface area (Å²) in [4.78, 5) is 11.7. The molecule has 0 spiro atoms. The zero-order valence-electron chi connectivity index (χ0n) is 13.1. The Morgan fingerprint density at radius 1 is 1.14 bits per heavy atom. The molecule has 1 rings (SSSR count). The second-order valence-electron chi connectivity index (χ2n) is 5.51. The first-order valence-corrected chi connectivity index (χ1v) is 8.41. The minimum Gasteiger partial charge on any atom is -0.334 e. The van der Waals surface area contributed by atoms with Crippen LogP contribution in [0.25, 0.3) is 0 Å². The van der Waals surface area contributed by atoms with Crippen molar-refractivity contribution in [1.82, 2.24) is 5.32 Å². The van der Waals surface area contributed by atoms with Crippen molar-refractivity contribution in [3.63, 3.8) is 0 Å². The molecular formula is C17H27ClN2O. The number of hydrogen-bond acceptors (Lipinski definition) is 1. The van der Waals surface area contributed by atoms with Crippen LogP contribution in [-0.2, 0) is 6.42 Å². The van der Waals surface area contributed by atoms with Crippen molar-refractivity contribution in [2.75, 3.05) is 11.2 Å². The first kappa shape index (κ1) is 17.8. The van der Waals surface area contributed by atoms with E-state index >= 15 is 0 Å². The quantitative estimate of drug-likeness (QED) is 0.492. The van der Waals surface area contributed by atoms with E-state index in [1.54, 1.807) is 0 Å². The molecule has 0 aliphatic rings. The Morgan fingerprint density at radius 2 is 1.81 bits per heavy atom. The highest BCUT2D eigenvalue weighted by Gasteiger charge is 2.05. The maximum atomic E-state index is 11.7. The Labute approximate surface area is 133 Å². The number of nitrogens with one attached hydrogen (secondary N) is 2. The van der Waals surface area contributed by atoms with Gasteiger partial charge in [0.15, 0.2) is 0 Å². The van der Waals surface area contributed by atoms with Crippen LogP contribution in [0.5, 0.6) is 0 Å². The second kappa shape index (κ2) is 10.5. The molecule has 4 heteroatoms. The van der Waals surface area contributed by atoms with Crippen molar-refractivity contribution < 1.29 is 4.79 Å². The SMILES string of the molecule is CCCCCCCc1ccc(NC(=O)N[C@H](C)CCl)cc1. The zero-order chi connectivity index (χ0) is 15.5. The van der Waals surface area contributed by atoms with Crippen LogP contribution in [0.4, 0.5) is 10.5 Å². The summed E-state index contributed by atoms with van der Waals surface area (Å²) >= 11 is 5.66. The lowest BCUT2D eigenvalue weighted by Gasteiger charge is -2.12. The van der Waals surface area contributed by atoms with E-state index in [9.17, 15) is 4.79 Å². The second-order valence-corrected chi connectivity index (χ2v) is 5.82. The van der Waals surface area contributed by atoms with E-state index in [2.05, 4.69) is 29.7 Å². The zero-order valence-corrected chi connectivity index (χ0v) is 13.9. The van der Waals surface area contributed by atoms with E-state index < -0.39 is 0 Å². The summed E-state index contributed by atoms with van der Waals surface area (Å²) in [5, 5.41) is 5.57. The third kappa shape index (κ3) is 7.96. The molecule has 0 bridgehead atoms. The Bertz CT molecular complexity index is 406. The first-order chi connectivity index (χ1) is 10.2. The van der Waals surface area contributed by atoms with E-state index in [4.69, 9.17) is 11.6 Å². The predicted octanol–water partition coefficient (Wildman–Crippen LogP) is 4.95. The van der Waals surface area contributed by atoms with Gasteiger partial charge in [-0.05, 0) is 37.5 Å². The summed E-state index contributed by atoms with van der Waals surface area (Å²) in [6.45, 7) is 4.10. The van der Waals surface area contributed by atoms with Gasteiger partial charge in [-0.25, -0.2) is 4.79 Å². The van der Waals surface area contributed by atoms with Crippen LogP contribution in [0, 0.1) is 0 Å². The maximum Gasteiger partial charge on any atom is 0.319 e. The van der Waals surface area contributed by atoms with Crippen LogP contribution in [-0.4, -0.2) is 18.0 Å². The molecule has 0 heterocycles. The van der Waals surface area contributed by atoms with E-state index in [0.717, 1.165) is 12.1 Å². The Balaban J connectivity index is 2.31. The van der Waals surface area contributed by atoms with Gasteiger partial charge in [0.05, 0.1) is 0 Å². The highest BCUT2D eigenvalue weighted by Crippen LogP contribution is 2.13. The average Bonchev–Trinajstić information content (AvgIpc) is 2.48. The van der Waals surface area contributed by atoms with Crippen molar-refractivity contribution >= 4 is 23.3 Å². The smallest absolute Gasteiger partial charge is 0.319 e. The number of rotatable bonds is 9. The van der Waals surface area contributed by atoms with Gasteiger partial charge >= 0.3 is 6.03 Å². The summed E-state index contributed by atoms with van der Waals surface area (Å²) in [6, 6.07) is 7.82. The number of benzene rings is 1. The van der Waals surface area contributed by atoms with Gasteiger partial charge in [0.2, 0.25) is 0 Å². The predicted molar refractivity (Wildman–Crippen MR) is 91.2 cm³/mol. The average molecular weight is 311 g/mol. The minimum absolute atomic E-state index is 0.0333. The lowest BCUT2D eigenvalue weighted by atomic mass is 10.1.